The number of amides is 1. The summed E-state index contributed by atoms with van der Waals surface area (Å²) in [5, 5.41) is 11.0. The highest BCUT2D eigenvalue weighted by Gasteiger charge is 2.11. The molecule has 2 aromatic heterocycles. The van der Waals surface area contributed by atoms with Crippen LogP contribution >= 0.6 is 0 Å². The number of aryl methyl sites for hydroxylation is 3. The number of halogens is 1. The summed E-state index contributed by atoms with van der Waals surface area (Å²) in [7, 11) is 1.82. The molecular weight excluding hydrogens is 361 g/mol. The molecule has 0 saturated carbocycles. The van der Waals surface area contributed by atoms with Crippen LogP contribution in [0.25, 0.3) is 11.3 Å². The van der Waals surface area contributed by atoms with Crippen molar-refractivity contribution in [2.24, 2.45) is 0 Å². The first-order chi connectivity index (χ1) is 13.5. The topological polar surface area (TPSA) is 87.9 Å². The molecule has 148 valence electrons. The van der Waals surface area contributed by atoms with Gasteiger partial charge in [0.05, 0.1) is 5.69 Å². The highest BCUT2D eigenvalue weighted by molar-refractivity contribution is 5.75. The summed E-state index contributed by atoms with van der Waals surface area (Å²) >= 11 is 0. The van der Waals surface area contributed by atoms with Crippen LogP contribution in [0.1, 0.15) is 36.7 Å². The number of nitrogens with zero attached hydrogens (tertiary/aromatic N) is 4. The lowest BCUT2D eigenvalue weighted by atomic mass is 10.1. The molecule has 1 amide bonds. The van der Waals surface area contributed by atoms with Crippen LogP contribution in [0.2, 0.25) is 0 Å². The van der Waals surface area contributed by atoms with E-state index in [1.165, 1.54) is 12.1 Å². The molecule has 1 aromatic carbocycles. The van der Waals surface area contributed by atoms with Gasteiger partial charge in [-0.1, -0.05) is 5.16 Å². The van der Waals surface area contributed by atoms with Crippen molar-refractivity contribution in [2.45, 2.75) is 39.0 Å². The Morgan fingerprint density at radius 3 is 2.71 bits per heavy atom. The van der Waals surface area contributed by atoms with Gasteiger partial charge in [-0.15, -0.1) is 0 Å². The number of hydrogen-bond donors (Lipinski definition) is 1. The Kier molecular flexibility index (Phi) is 6.52. The second kappa shape index (κ2) is 9.25. The van der Waals surface area contributed by atoms with Crippen LogP contribution < -0.4 is 0 Å². The second-order valence-electron chi connectivity index (χ2n) is 6.79. The summed E-state index contributed by atoms with van der Waals surface area (Å²) in [5.74, 6) is 1.02. The van der Waals surface area contributed by atoms with Crippen LogP contribution in [0.15, 0.2) is 34.9 Å². The molecule has 3 rings (SSSR count). The van der Waals surface area contributed by atoms with Gasteiger partial charge in [0.15, 0.2) is 5.82 Å². The Hall–Kier alpha value is -3.03. The molecule has 0 bridgehead atoms. The molecule has 0 spiro atoms. The minimum absolute atomic E-state index is 0.104. The Balaban J connectivity index is 1.38. The monoisotopic (exact) mass is 385 g/mol. The summed E-state index contributed by atoms with van der Waals surface area (Å²) in [6.07, 6.45) is 3.37. The Morgan fingerprint density at radius 1 is 1.21 bits per heavy atom. The second-order valence-corrected chi connectivity index (χ2v) is 6.79. The molecule has 0 radical (unpaired) electrons. The minimum atomic E-state index is -0.264. The third kappa shape index (κ3) is 5.48. The molecule has 7 nitrogen and oxygen atoms in total. The molecule has 8 heteroatoms. The zero-order valence-electron chi connectivity index (χ0n) is 16.1. The molecule has 0 aliphatic rings. The van der Waals surface area contributed by atoms with Gasteiger partial charge in [0, 0.05) is 37.7 Å². The van der Waals surface area contributed by atoms with Crippen molar-refractivity contribution in [3.8, 4) is 11.3 Å². The SMILES string of the molecule is Cc1noc(CCCC(=O)N(C)CCCc2cc(-c3ccc(F)cc3)n[nH]2)n1. The number of rotatable bonds is 9. The molecule has 0 saturated heterocycles. The smallest absolute Gasteiger partial charge is 0.226 e. The molecule has 0 unspecified atom stereocenters. The molecular formula is C20H24FN5O2. The van der Waals surface area contributed by atoms with Gasteiger partial charge in [-0.05, 0) is 56.5 Å². The van der Waals surface area contributed by atoms with Crippen LogP contribution in [0.4, 0.5) is 4.39 Å². The molecule has 3 aromatic rings. The first-order valence-electron chi connectivity index (χ1n) is 9.34. The summed E-state index contributed by atoms with van der Waals surface area (Å²) < 4.78 is 18.1. The quantitative estimate of drug-likeness (QED) is 0.610. The standard InChI is InChI=1S/C20H24FN5O2/c1-14-22-19(28-25-14)6-3-7-20(27)26(2)12-4-5-17-13-18(24-23-17)15-8-10-16(21)11-9-15/h8-11,13H,3-7,12H2,1-2H3,(H,23,24). The van der Waals surface area contributed by atoms with E-state index in [0.29, 0.717) is 37.5 Å². The van der Waals surface area contributed by atoms with E-state index in [1.807, 2.05) is 13.1 Å². The molecule has 0 aliphatic carbocycles. The molecule has 0 fully saturated rings. The van der Waals surface area contributed by atoms with Crippen molar-refractivity contribution in [2.75, 3.05) is 13.6 Å². The predicted octanol–water partition coefficient (Wildman–Crippen LogP) is 3.32. The van der Waals surface area contributed by atoms with Gasteiger partial charge in [-0.25, -0.2) is 4.39 Å². The summed E-state index contributed by atoms with van der Waals surface area (Å²) in [6, 6.07) is 8.21. The number of carbonyl (C=O) groups is 1. The van der Waals surface area contributed by atoms with Gasteiger partial charge in [0.1, 0.15) is 5.82 Å². The zero-order chi connectivity index (χ0) is 19.9. The van der Waals surface area contributed by atoms with Gasteiger partial charge in [-0.2, -0.15) is 10.1 Å². The summed E-state index contributed by atoms with van der Waals surface area (Å²) in [6.45, 7) is 2.44. The largest absolute Gasteiger partial charge is 0.346 e. The number of hydrogen-bond acceptors (Lipinski definition) is 5. The number of aromatic amines is 1. The van der Waals surface area contributed by atoms with Crippen molar-refractivity contribution in [1.82, 2.24) is 25.2 Å². The predicted molar refractivity (Wildman–Crippen MR) is 102 cm³/mol. The lowest BCUT2D eigenvalue weighted by molar-refractivity contribution is -0.130. The fraction of sp³-hybridized carbons (Fsp3) is 0.400. The maximum Gasteiger partial charge on any atom is 0.226 e. The Bertz CT molecular complexity index is 903. The lowest BCUT2D eigenvalue weighted by Crippen LogP contribution is -2.27. The number of H-pyrrole nitrogens is 1. The summed E-state index contributed by atoms with van der Waals surface area (Å²) in [5.41, 5.74) is 2.65. The van der Waals surface area contributed by atoms with Crippen LogP contribution in [0.3, 0.4) is 0 Å². The average molecular weight is 385 g/mol. The Labute approximate surface area is 162 Å². The van der Waals surface area contributed by atoms with Gasteiger partial charge in [-0.3, -0.25) is 9.89 Å². The van der Waals surface area contributed by atoms with E-state index in [-0.39, 0.29) is 11.7 Å². The fourth-order valence-corrected chi connectivity index (χ4v) is 2.91. The maximum absolute atomic E-state index is 13.0. The van der Waals surface area contributed by atoms with E-state index >= 15 is 0 Å². The van der Waals surface area contributed by atoms with E-state index < -0.39 is 0 Å². The number of benzene rings is 1. The van der Waals surface area contributed by atoms with Gasteiger partial charge < -0.3 is 9.42 Å². The fourth-order valence-electron chi connectivity index (χ4n) is 2.91. The highest BCUT2D eigenvalue weighted by atomic mass is 19.1. The molecule has 0 aliphatic heterocycles. The minimum Gasteiger partial charge on any atom is -0.346 e. The van der Waals surface area contributed by atoms with E-state index in [1.54, 1.807) is 24.0 Å². The number of aromatic nitrogens is 4. The van der Waals surface area contributed by atoms with E-state index in [9.17, 15) is 9.18 Å². The molecule has 1 N–H and O–H groups in total. The van der Waals surface area contributed by atoms with Gasteiger partial charge in [0.2, 0.25) is 11.8 Å². The van der Waals surface area contributed by atoms with Gasteiger partial charge in [0.25, 0.3) is 0 Å². The highest BCUT2D eigenvalue weighted by Crippen LogP contribution is 2.18. The van der Waals surface area contributed by atoms with Crippen LogP contribution in [0.5, 0.6) is 0 Å². The first-order valence-corrected chi connectivity index (χ1v) is 9.34. The Morgan fingerprint density at radius 2 is 2.00 bits per heavy atom. The molecule has 2 heterocycles. The third-order valence-corrected chi connectivity index (χ3v) is 4.49. The van der Waals surface area contributed by atoms with Crippen LogP contribution in [-0.2, 0) is 17.6 Å². The maximum atomic E-state index is 13.0. The van der Waals surface area contributed by atoms with Crippen LogP contribution in [-0.4, -0.2) is 44.7 Å². The molecule has 0 atom stereocenters. The van der Waals surface area contributed by atoms with Crippen molar-refractivity contribution in [1.29, 1.82) is 0 Å². The van der Waals surface area contributed by atoms with E-state index in [2.05, 4.69) is 20.3 Å². The van der Waals surface area contributed by atoms with Crippen molar-refractivity contribution < 1.29 is 13.7 Å². The van der Waals surface area contributed by atoms with Crippen LogP contribution in [0, 0.1) is 12.7 Å². The lowest BCUT2D eigenvalue weighted by Gasteiger charge is -2.16. The normalized spacial score (nSPS) is 11.0. The average Bonchev–Trinajstić information content (AvgIpc) is 3.31. The first kappa shape index (κ1) is 19.7. The van der Waals surface area contributed by atoms with Crippen molar-refractivity contribution in [3.63, 3.8) is 0 Å². The van der Waals surface area contributed by atoms with E-state index in [4.69, 9.17) is 4.52 Å². The molecule has 28 heavy (non-hydrogen) atoms. The summed E-state index contributed by atoms with van der Waals surface area (Å²) in [4.78, 5) is 18.1. The third-order valence-electron chi connectivity index (χ3n) is 4.49. The van der Waals surface area contributed by atoms with Crippen molar-refractivity contribution >= 4 is 5.91 Å². The van der Waals surface area contributed by atoms with Crippen molar-refractivity contribution in [3.05, 3.63) is 53.6 Å². The number of carbonyl (C=O) groups excluding carboxylic acids is 1. The van der Waals surface area contributed by atoms with E-state index in [0.717, 1.165) is 29.8 Å². The number of nitrogens with one attached hydrogen (secondary N) is 1. The van der Waals surface area contributed by atoms with Gasteiger partial charge >= 0.3 is 0 Å². The zero-order valence-corrected chi connectivity index (χ0v) is 16.1.